The molecule has 0 fully saturated rings. The Morgan fingerprint density at radius 1 is 0.902 bits per heavy atom. The third kappa shape index (κ3) is 8.66. The van der Waals surface area contributed by atoms with Crippen LogP contribution >= 0.6 is 15.9 Å². The summed E-state index contributed by atoms with van der Waals surface area (Å²) < 4.78 is 30.0. The lowest BCUT2D eigenvalue weighted by Gasteiger charge is -2.32. The minimum atomic E-state index is -4.10. The third-order valence-electron chi connectivity index (χ3n) is 7.00. The van der Waals surface area contributed by atoms with Crippen molar-refractivity contribution in [3.8, 4) is 0 Å². The fourth-order valence-electron chi connectivity index (χ4n) is 4.30. The molecule has 0 unspecified atom stereocenters. The van der Waals surface area contributed by atoms with Gasteiger partial charge in [0.15, 0.2) is 0 Å². The highest BCUT2D eigenvalue weighted by molar-refractivity contribution is 9.10. The molecule has 0 aromatic heterocycles. The largest absolute Gasteiger partial charge is 0.354 e. The summed E-state index contributed by atoms with van der Waals surface area (Å²) in [5.74, 6) is -0.492. The molecule has 0 heterocycles. The minimum absolute atomic E-state index is 0.0913. The third-order valence-corrected chi connectivity index (χ3v) is 9.32. The van der Waals surface area contributed by atoms with Crippen LogP contribution in [0.25, 0.3) is 0 Å². The van der Waals surface area contributed by atoms with Gasteiger partial charge in [0, 0.05) is 17.6 Å². The van der Waals surface area contributed by atoms with Crippen LogP contribution in [0, 0.1) is 6.92 Å². The zero-order chi connectivity index (χ0) is 30.2. The van der Waals surface area contributed by atoms with E-state index < -0.39 is 28.5 Å². The van der Waals surface area contributed by atoms with Crippen LogP contribution in [0.5, 0.6) is 0 Å². The van der Waals surface area contributed by atoms with Gasteiger partial charge in [0.05, 0.1) is 10.6 Å². The summed E-state index contributed by atoms with van der Waals surface area (Å²) in [7, 11) is -4.10. The number of nitrogens with zero attached hydrogens (tertiary/aromatic N) is 2. The number of anilines is 1. The van der Waals surface area contributed by atoms with Crippen molar-refractivity contribution >= 4 is 43.5 Å². The van der Waals surface area contributed by atoms with Crippen molar-refractivity contribution in [1.29, 1.82) is 0 Å². The Morgan fingerprint density at radius 2 is 1.51 bits per heavy atom. The van der Waals surface area contributed by atoms with Gasteiger partial charge in [-0.05, 0) is 73.7 Å². The molecule has 220 valence electrons. The van der Waals surface area contributed by atoms with E-state index in [9.17, 15) is 18.0 Å². The van der Waals surface area contributed by atoms with Crippen LogP contribution < -0.4 is 9.62 Å². The first-order chi connectivity index (χ1) is 19.4. The molecule has 0 bridgehead atoms. The molecule has 0 aliphatic carbocycles. The number of aryl methyl sites for hydroxylation is 1. The van der Waals surface area contributed by atoms with Crippen molar-refractivity contribution in [3.63, 3.8) is 0 Å². The van der Waals surface area contributed by atoms with Gasteiger partial charge in [0.25, 0.3) is 10.0 Å². The predicted molar refractivity (Wildman–Crippen MR) is 168 cm³/mol. The Balaban J connectivity index is 2.01. The Kier molecular flexibility index (Phi) is 11.5. The highest BCUT2D eigenvalue weighted by Crippen LogP contribution is 2.27. The number of sulfonamides is 1. The number of carbonyl (C=O) groups excluding carboxylic acids is 2. The van der Waals surface area contributed by atoms with E-state index >= 15 is 0 Å². The highest BCUT2D eigenvalue weighted by Gasteiger charge is 2.32. The molecule has 1 N–H and O–H groups in total. The smallest absolute Gasteiger partial charge is 0.264 e. The van der Waals surface area contributed by atoms with Gasteiger partial charge >= 0.3 is 0 Å². The standard InChI is InChI=1S/C32H40BrN3O4S/c1-6-7-20-34-32(38)25(5)35(21-26-10-14-28(33)15-11-26)31(37)22-36(29-16-12-27(13-17-29)23(2)3)41(39,40)30-18-8-24(4)9-19-30/h8-19,23,25H,6-7,20-22H2,1-5H3,(H,34,38)/t25-/m1/s1. The summed E-state index contributed by atoms with van der Waals surface area (Å²) in [5.41, 5.74) is 3.19. The van der Waals surface area contributed by atoms with Gasteiger partial charge in [-0.25, -0.2) is 8.42 Å². The van der Waals surface area contributed by atoms with E-state index in [1.165, 1.54) is 4.90 Å². The van der Waals surface area contributed by atoms with E-state index in [1.54, 1.807) is 43.3 Å². The van der Waals surface area contributed by atoms with E-state index in [0.717, 1.165) is 38.3 Å². The minimum Gasteiger partial charge on any atom is -0.354 e. The summed E-state index contributed by atoms with van der Waals surface area (Å²) >= 11 is 3.43. The van der Waals surface area contributed by atoms with E-state index in [1.807, 2.05) is 50.2 Å². The Labute approximate surface area is 253 Å². The quantitative estimate of drug-likeness (QED) is 0.219. The molecule has 0 aliphatic rings. The molecule has 0 saturated carbocycles. The van der Waals surface area contributed by atoms with E-state index in [4.69, 9.17) is 0 Å². The summed E-state index contributed by atoms with van der Waals surface area (Å²) in [5, 5.41) is 2.90. The Hall–Kier alpha value is -3.17. The molecule has 0 saturated heterocycles. The number of nitrogens with one attached hydrogen (secondary N) is 1. The maximum Gasteiger partial charge on any atom is 0.264 e. The summed E-state index contributed by atoms with van der Waals surface area (Å²) in [6.07, 6.45) is 1.76. The van der Waals surface area contributed by atoms with E-state index in [0.29, 0.717) is 12.2 Å². The lowest BCUT2D eigenvalue weighted by atomic mass is 10.0. The molecule has 9 heteroatoms. The van der Waals surface area contributed by atoms with Gasteiger partial charge in [-0.15, -0.1) is 0 Å². The number of hydrogen-bond acceptors (Lipinski definition) is 4. The van der Waals surface area contributed by atoms with Crippen LogP contribution in [0.4, 0.5) is 5.69 Å². The monoisotopic (exact) mass is 641 g/mol. The van der Waals surface area contributed by atoms with Crippen LogP contribution in [0.3, 0.4) is 0 Å². The first-order valence-electron chi connectivity index (χ1n) is 13.9. The molecule has 41 heavy (non-hydrogen) atoms. The Bertz CT molecular complexity index is 1410. The number of hydrogen-bond donors (Lipinski definition) is 1. The van der Waals surface area contributed by atoms with Gasteiger partial charge in [-0.1, -0.05) is 85.1 Å². The molecule has 7 nitrogen and oxygen atoms in total. The maximum atomic E-state index is 14.0. The van der Waals surface area contributed by atoms with Gasteiger partial charge < -0.3 is 10.2 Å². The summed E-state index contributed by atoms with van der Waals surface area (Å²) in [6.45, 7) is 9.92. The van der Waals surface area contributed by atoms with E-state index in [-0.39, 0.29) is 23.3 Å². The van der Waals surface area contributed by atoms with Crippen molar-refractivity contribution in [3.05, 3.63) is 94.0 Å². The second-order valence-corrected chi connectivity index (χ2v) is 13.3. The van der Waals surface area contributed by atoms with Crippen molar-refractivity contribution < 1.29 is 18.0 Å². The first kappa shape index (κ1) is 32.3. The SMILES string of the molecule is CCCCNC(=O)[C@@H](C)N(Cc1ccc(Br)cc1)C(=O)CN(c1ccc(C(C)C)cc1)S(=O)(=O)c1ccc(C)cc1. The molecule has 3 aromatic carbocycles. The Morgan fingerprint density at radius 3 is 2.07 bits per heavy atom. The molecule has 0 aliphatic heterocycles. The predicted octanol–water partition coefficient (Wildman–Crippen LogP) is 6.41. The van der Waals surface area contributed by atoms with Crippen LogP contribution in [0.2, 0.25) is 0 Å². The maximum absolute atomic E-state index is 14.0. The molecule has 0 radical (unpaired) electrons. The normalized spacial score (nSPS) is 12.2. The molecule has 3 rings (SSSR count). The van der Waals surface area contributed by atoms with E-state index in [2.05, 4.69) is 35.1 Å². The zero-order valence-electron chi connectivity index (χ0n) is 24.4. The van der Waals surface area contributed by atoms with Crippen LogP contribution in [0.1, 0.15) is 63.1 Å². The van der Waals surface area contributed by atoms with Crippen molar-refractivity contribution in [2.24, 2.45) is 0 Å². The number of halogens is 1. The molecular weight excluding hydrogens is 602 g/mol. The van der Waals surface area contributed by atoms with Crippen molar-refractivity contribution in [2.45, 2.75) is 70.9 Å². The average molecular weight is 643 g/mol. The molecule has 2 amide bonds. The number of benzene rings is 3. The van der Waals surface area contributed by atoms with Gasteiger partial charge in [0.1, 0.15) is 12.6 Å². The van der Waals surface area contributed by atoms with Crippen LogP contribution in [-0.2, 0) is 26.2 Å². The molecule has 3 aromatic rings. The molecule has 0 spiro atoms. The van der Waals surface area contributed by atoms with Gasteiger partial charge in [0.2, 0.25) is 11.8 Å². The van der Waals surface area contributed by atoms with Crippen LogP contribution in [-0.4, -0.2) is 44.3 Å². The van der Waals surface area contributed by atoms with Crippen molar-refractivity contribution in [1.82, 2.24) is 10.2 Å². The average Bonchev–Trinajstić information content (AvgIpc) is 2.95. The highest BCUT2D eigenvalue weighted by atomic mass is 79.9. The number of rotatable bonds is 13. The number of unbranched alkanes of at least 4 members (excludes halogenated alkanes) is 1. The van der Waals surface area contributed by atoms with Crippen LogP contribution in [0.15, 0.2) is 82.2 Å². The van der Waals surface area contributed by atoms with Gasteiger partial charge in [-0.3, -0.25) is 13.9 Å². The fraction of sp³-hybridized carbons (Fsp3) is 0.375. The fourth-order valence-corrected chi connectivity index (χ4v) is 5.98. The lowest BCUT2D eigenvalue weighted by Crippen LogP contribution is -2.51. The second-order valence-electron chi connectivity index (χ2n) is 10.5. The van der Waals surface area contributed by atoms with Gasteiger partial charge in [-0.2, -0.15) is 0 Å². The van der Waals surface area contributed by atoms with Crippen molar-refractivity contribution in [2.75, 3.05) is 17.4 Å². The second kappa shape index (κ2) is 14.6. The first-order valence-corrected chi connectivity index (χ1v) is 16.2. The number of amides is 2. The lowest BCUT2D eigenvalue weighted by molar-refractivity contribution is -0.139. The summed E-state index contributed by atoms with van der Waals surface area (Å²) in [6, 6.07) is 20.5. The number of carbonyl (C=O) groups is 2. The molecular formula is C32H40BrN3O4S. The topological polar surface area (TPSA) is 86.8 Å². The summed E-state index contributed by atoms with van der Waals surface area (Å²) in [4.78, 5) is 28.6. The molecule has 1 atom stereocenters. The zero-order valence-corrected chi connectivity index (χ0v) is 26.8.